The van der Waals surface area contributed by atoms with Crippen LogP contribution in [0.5, 0.6) is 0 Å². The van der Waals surface area contributed by atoms with Crippen molar-refractivity contribution in [3.05, 3.63) is 0 Å². The fourth-order valence-corrected chi connectivity index (χ4v) is 0. The average molecular weight is 248 g/mol. The van der Waals surface area contributed by atoms with E-state index in [0.29, 0.717) is 0 Å². The molecule has 0 aromatic rings. The molecule has 0 saturated heterocycles. The predicted molar refractivity (Wildman–Crippen MR) is 25.0 cm³/mol. The van der Waals surface area contributed by atoms with Gasteiger partial charge in [-0.2, -0.15) is 0 Å². The third-order valence-corrected chi connectivity index (χ3v) is 0. The van der Waals surface area contributed by atoms with Crippen molar-refractivity contribution in [2.24, 2.45) is 0 Å². The Balaban J connectivity index is -0.0000000267. The summed E-state index contributed by atoms with van der Waals surface area (Å²) in [4.78, 5) is 21.6. The Morgan fingerprint density at radius 1 is 1.12 bits per heavy atom. The second kappa shape index (κ2) is 8.81. The van der Waals surface area contributed by atoms with Crippen LogP contribution in [0.2, 0.25) is 0 Å². The van der Waals surface area contributed by atoms with Crippen molar-refractivity contribution in [1.82, 2.24) is 0 Å². The van der Waals surface area contributed by atoms with Gasteiger partial charge in [0, 0.05) is 22.4 Å². The van der Waals surface area contributed by atoms with Crippen molar-refractivity contribution in [2.75, 3.05) is 0 Å². The summed E-state index contributed by atoms with van der Waals surface area (Å²) in [5.41, 5.74) is 0. The molecule has 8 heavy (non-hydrogen) atoms. The van der Waals surface area contributed by atoms with Crippen LogP contribution in [-0.2, 0) is 26.9 Å². The minimum absolute atomic E-state index is 0. The summed E-state index contributed by atoms with van der Waals surface area (Å²) in [5.74, 6) is 0. The fraction of sp³-hybridized carbons (Fsp3) is 0. The second-order valence-electron chi connectivity index (χ2n) is 0.513. The van der Waals surface area contributed by atoms with Gasteiger partial charge in [-0.25, -0.2) is 4.57 Å². The molecule has 1 radical (unpaired) electrons. The van der Waals surface area contributed by atoms with E-state index in [0.717, 1.165) is 0 Å². The van der Waals surface area contributed by atoms with Crippen LogP contribution in [0.1, 0.15) is 0 Å². The topological polar surface area (TPSA) is 109 Å². The second-order valence-corrected chi connectivity index (χ2v) is 1.54. The van der Waals surface area contributed by atoms with Gasteiger partial charge in [0.2, 0.25) is 0 Å². The van der Waals surface area contributed by atoms with Crippen LogP contribution in [0.15, 0.2) is 0 Å². The van der Waals surface area contributed by atoms with E-state index in [1.165, 1.54) is 0 Å². The molecular weight excluding hydrogens is 242 g/mol. The minimum atomic E-state index is -4.64. The molecular formula is H6AgNaO5P. The van der Waals surface area contributed by atoms with Crippen molar-refractivity contribution in [2.45, 2.75) is 0 Å². The average Bonchev–Trinajstić information content (AvgIpc) is 0.722. The van der Waals surface area contributed by atoms with Gasteiger partial charge in [0.15, 0.2) is 0 Å². The number of hydrogen-bond acceptors (Lipinski definition) is 1. The molecule has 8 heteroatoms. The fourth-order valence-electron chi connectivity index (χ4n) is 0. The quantitative estimate of drug-likeness (QED) is 0.327. The molecule has 0 aliphatic rings. The van der Waals surface area contributed by atoms with E-state index in [1.54, 1.807) is 0 Å². The van der Waals surface area contributed by atoms with Crippen molar-refractivity contribution in [1.29, 1.82) is 0 Å². The molecule has 5 nitrogen and oxygen atoms in total. The summed E-state index contributed by atoms with van der Waals surface area (Å²) in [6, 6.07) is 0. The van der Waals surface area contributed by atoms with Gasteiger partial charge in [-0.3, -0.25) is 0 Å². The number of phosphoric acid groups is 1. The predicted octanol–water partition coefficient (Wildman–Crippen LogP) is -2.40. The van der Waals surface area contributed by atoms with E-state index < -0.39 is 7.82 Å². The zero-order valence-electron chi connectivity index (χ0n) is 3.00. The zero-order chi connectivity index (χ0) is 4.50. The van der Waals surface area contributed by atoms with Crippen LogP contribution in [-0.4, -0.2) is 49.7 Å². The Morgan fingerprint density at radius 3 is 1.12 bits per heavy atom. The molecule has 0 heterocycles. The van der Waals surface area contributed by atoms with Crippen LogP contribution in [0.3, 0.4) is 0 Å². The van der Waals surface area contributed by atoms with Gasteiger partial charge in [0.1, 0.15) is 0 Å². The first kappa shape index (κ1) is 22.6. The standard InChI is InChI=1S/Ag.Na.H3O4P.H2O.H/c;;1-5(2,3)4;;/h;;(H3,1,2,3,4);1H2;. The third-order valence-electron chi connectivity index (χ3n) is 0. The summed E-state index contributed by atoms with van der Waals surface area (Å²) in [7, 11) is -4.64. The third kappa shape index (κ3) is 111. The van der Waals surface area contributed by atoms with Gasteiger partial charge in [-0.1, -0.05) is 0 Å². The molecule has 0 fully saturated rings. The molecule has 0 unspecified atom stereocenters. The maximum atomic E-state index is 8.88. The first-order valence-corrected chi connectivity index (χ1v) is 2.35. The zero-order valence-corrected chi connectivity index (χ0v) is 5.38. The normalized spacial score (nSPS) is 7.38. The summed E-state index contributed by atoms with van der Waals surface area (Å²) in [5, 5.41) is 0. The Hall–Kier alpha value is 1.81. The Labute approximate surface area is 83.8 Å². The number of rotatable bonds is 0. The molecule has 0 aromatic carbocycles. The molecule has 0 aliphatic carbocycles. The van der Waals surface area contributed by atoms with Gasteiger partial charge < -0.3 is 20.2 Å². The molecule has 0 amide bonds. The van der Waals surface area contributed by atoms with E-state index in [1.807, 2.05) is 0 Å². The summed E-state index contributed by atoms with van der Waals surface area (Å²) >= 11 is 0. The van der Waals surface area contributed by atoms with E-state index in [9.17, 15) is 0 Å². The van der Waals surface area contributed by atoms with Crippen LogP contribution < -0.4 is 0 Å². The monoisotopic (exact) mass is 247 g/mol. The van der Waals surface area contributed by atoms with Crippen LogP contribution in [0.4, 0.5) is 0 Å². The molecule has 0 aliphatic heterocycles. The maximum absolute atomic E-state index is 8.88. The molecule has 0 saturated carbocycles. The molecule has 0 bridgehead atoms. The summed E-state index contributed by atoms with van der Waals surface area (Å²) in [6.07, 6.45) is 0. The van der Waals surface area contributed by atoms with Gasteiger partial charge in [0.05, 0.1) is 0 Å². The molecule has 0 spiro atoms. The van der Waals surface area contributed by atoms with E-state index >= 15 is 0 Å². The van der Waals surface area contributed by atoms with Gasteiger partial charge >= 0.3 is 37.4 Å². The van der Waals surface area contributed by atoms with Crippen LogP contribution >= 0.6 is 7.82 Å². The van der Waals surface area contributed by atoms with Gasteiger partial charge in [0.25, 0.3) is 0 Å². The molecule has 0 rings (SSSR count). The van der Waals surface area contributed by atoms with Crippen molar-refractivity contribution in [3.63, 3.8) is 0 Å². The number of hydrogen-bond donors (Lipinski definition) is 3. The molecule has 5 N–H and O–H groups in total. The Bertz CT molecular complexity index is 58.6. The van der Waals surface area contributed by atoms with E-state index in [-0.39, 0.29) is 57.4 Å². The Morgan fingerprint density at radius 2 is 1.12 bits per heavy atom. The van der Waals surface area contributed by atoms with Crippen molar-refractivity contribution >= 4 is 37.4 Å². The van der Waals surface area contributed by atoms with Crippen molar-refractivity contribution in [3.8, 4) is 0 Å². The van der Waals surface area contributed by atoms with Crippen LogP contribution in [0.25, 0.3) is 0 Å². The van der Waals surface area contributed by atoms with Gasteiger partial charge in [-0.05, 0) is 0 Å². The molecule has 53 valence electrons. The first-order chi connectivity index (χ1) is 2.00. The van der Waals surface area contributed by atoms with E-state index in [4.69, 9.17) is 19.2 Å². The van der Waals surface area contributed by atoms with E-state index in [2.05, 4.69) is 0 Å². The van der Waals surface area contributed by atoms with Gasteiger partial charge in [-0.15, -0.1) is 0 Å². The SMILES string of the molecule is O.O=P(O)(O)O.[Ag].[NaH]. The molecule has 0 atom stereocenters. The Kier molecular flexibility index (Phi) is 24.8. The van der Waals surface area contributed by atoms with Crippen LogP contribution in [0, 0.1) is 0 Å². The van der Waals surface area contributed by atoms with Crippen molar-refractivity contribution < 1.29 is 47.1 Å². The summed E-state index contributed by atoms with van der Waals surface area (Å²) < 4.78 is 8.88. The summed E-state index contributed by atoms with van der Waals surface area (Å²) in [6.45, 7) is 0. The molecule has 0 aromatic heterocycles. The first-order valence-electron chi connectivity index (χ1n) is 0.783.